The van der Waals surface area contributed by atoms with Gasteiger partial charge in [-0.05, 0) is 0 Å². The maximum absolute atomic E-state index is 11.0. The summed E-state index contributed by atoms with van der Waals surface area (Å²) in [4.78, 5) is 22.0. The summed E-state index contributed by atoms with van der Waals surface area (Å²) in [5.41, 5.74) is 4.64. The van der Waals surface area contributed by atoms with E-state index in [1.807, 2.05) is 0 Å². The first kappa shape index (κ1) is 11.3. The number of rotatable bonds is 4. The van der Waals surface area contributed by atoms with Gasteiger partial charge >= 0.3 is 0 Å². The minimum Gasteiger partial charge on any atom is -0.502 e. The lowest BCUT2D eigenvalue weighted by Gasteiger charge is -2.02. The van der Waals surface area contributed by atoms with Crippen LogP contribution in [0.2, 0.25) is 0 Å². The maximum atomic E-state index is 11.0. The monoisotopic (exact) mass is 212 g/mol. The number of aromatic hydroxyl groups is 1. The molecule has 0 saturated heterocycles. The molecule has 0 fully saturated rings. The quantitative estimate of drug-likeness (QED) is 0.612. The lowest BCUT2D eigenvalue weighted by atomic mass is 10.3. The van der Waals surface area contributed by atoms with Crippen molar-refractivity contribution >= 4 is 5.91 Å². The molecule has 0 atom stereocenters. The van der Waals surface area contributed by atoms with Crippen molar-refractivity contribution in [2.45, 2.75) is 13.0 Å². The third kappa shape index (κ3) is 3.43. The van der Waals surface area contributed by atoms with Crippen LogP contribution in [-0.4, -0.2) is 17.6 Å². The summed E-state index contributed by atoms with van der Waals surface area (Å²) >= 11 is 0. The summed E-state index contributed by atoms with van der Waals surface area (Å²) < 4.78 is 4.87. The predicted octanol–water partition coefficient (Wildman–Crippen LogP) is -0.690. The Kier molecular flexibility index (Phi) is 3.87. The van der Waals surface area contributed by atoms with Crippen LogP contribution in [0.5, 0.6) is 5.75 Å². The first-order valence-corrected chi connectivity index (χ1v) is 4.41. The second-order valence-electron chi connectivity index (χ2n) is 2.91. The molecule has 0 aliphatic heterocycles. The summed E-state index contributed by atoms with van der Waals surface area (Å²) in [5, 5.41) is 11.4. The number of carbonyl (C=O) groups excluding carboxylic acids is 1. The highest BCUT2D eigenvalue weighted by molar-refractivity contribution is 5.75. The summed E-state index contributed by atoms with van der Waals surface area (Å²) in [7, 11) is 0. The lowest BCUT2D eigenvalue weighted by Crippen LogP contribution is -2.25. The minimum absolute atomic E-state index is 0.106. The Hall–Kier alpha value is -1.82. The number of hydrogen-bond donors (Lipinski definition) is 3. The van der Waals surface area contributed by atoms with E-state index in [0.29, 0.717) is 0 Å². The zero-order valence-electron chi connectivity index (χ0n) is 8.03. The van der Waals surface area contributed by atoms with E-state index in [4.69, 9.17) is 15.3 Å². The Morgan fingerprint density at radius 1 is 1.60 bits per heavy atom. The van der Waals surface area contributed by atoms with Crippen molar-refractivity contribution in [3.8, 4) is 5.75 Å². The van der Waals surface area contributed by atoms with Crippen molar-refractivity contribution in [2.75, 3.05) is 6.54 Å². The molecule has 1 amide bonds. The van der Waals surface area contributed by atoms with E-state index < -0.39 is 11.2 Å². The molecule has 0 aliphatic rings. The molecule has 0 aromatic carbocycles. The Balaban J connectivity index is 2.55. The highest BCUT2D eigenvalue weighted by Crippen LogP contribution is 2.02. The highest BCUT2D eigenvalue weighted by Gasteiger charge is 2.03. The predicted molar refractivity (Wildman–Crippen MR) is 52.2 cm³/mol. The highest BCUT2D eigenvalue weighted by atomic mass is 16.4. The number of nitrogens with two attached hydrogens (primary N) is 1. The summed E-state index contributed by atoms with van der Waals surface area (Å²) in [5.74, 6) is -0.386. The van der Waals surface area contributed by atoms with Gasteiger partial charge in [0.05, 0.1) is 6.54 Å². The van der Waals surface area contributed by atoms with Gasteiger partial charge in [0.25, 0.3) is 0 Å². The standard InChI is InChI=1S/C9H12N2O4/c10-2-1-9(14)11-4-6-3-7(12)8(13)5-15-6/h3,5,13H,1-2,4,10H2,(H,11,14). The fourth-order valence-electron chi connectivity index (χ4n) is 0.942. The van der Waals surface area contributed by atoms with Gasteiger partial charge in [-0.2, -0.15) is 0 Å². The molecule has 0 spiro atoms. The molecular formula is C9H12N2O4. The van der Waals surface area contributed by atoms with Crippen molar-refractivity contribution in [2.24, 2.45) is 5.73 Å². The largest absolute Gasteiger partial charge is 0.502 e. The summed E-state index contributed by atoms with van der Waals surface area (Å²) in [6.45, 7) is 0.375. The first-order chi connectivity index (χ1) is 7.13. The van der Waals surface area contributed by atoms with Gasteiger partial charge in [-0.15, -0.1) is 0 Å². The molecule has 0 radical (unpaired) electrons. The number of nitrogens with one attached hydrogen (secondary N) is 1. The van der Waals surface area contributed by atoms with Crippen LogP contribution in [0, 0.1) is 0 Å². The van der Waals surface area contributed by atoms with Gasteiger partial charge in [-0.3, -0.25) is 9.59 Å². The third-order valence-electron chi connectivity index (χ3n) is 1.70. The van der Waals surface area contributed by atoms with Gasteiger partial charge in [0.2, 0.25) is 11.3 Å². The van der Waals surface area contributed by atoms with E-state index in [2.05, 4.69) is 5.32 Å². The summed E-state index contributed by atoms with van der Waals surface area (Å²) in [6.07, 6.45) is 1.16. The Bertz CT molecular complexity index is 399. The number of carbonyl (C=O) groups is 1. The second-order valence-corrected chi connectivity index (χ2v) is 2.91. The van der Waals surface area contributed by atoms with Gasteiger partial charge in [0.15, 0.2) is 5.75 Å². The second kappa shape index (κ2) is 5.16. The van der Waals surface area contributed by atoms with Gasteiger partial charge in [-0.25, -0.2) is 0 Å². The van der Waals surface area contributed by atoms with E-state index in [9.17, 15) is 9.59 Å². The van der Waals surface area contributed by atoms with E-state index >= 15 is 0 Å². The molecule has 6 nitrogen and oxygen atoms in total. The number of hydrogen-bond acceptors (Lipinski definition) is 5. The average molecular weight is 212 g/mol. The van der Waals surface area contributed by atoms with Crippen molar-refractivity contribution < 1.29 is 14.3 Å². The Morgan fingerprint density at radius 3 is 2.93 bits per heavy atom. The van der Waals surface area contributed by atoms with Crippen LogP contribution in [0.4, 0.5) is 0 Å². The normalized spacial score (nSPS) is 9.93. The minimum atomic E-state index is -0.538. The fourth-order valence-corrected chi connectivity index (χ4v) is 0.942. The topological polar surface area (TPSA) is 106 Å². The Labute approximate surface area is 85.7 Å². The van der Waals surface area contributed by atoms with Crippen LogP contribution in [0.15, 0.2) is 21.5 Å². The molecular weight excluding hydrogens is 200 g/mol. The molecule has 6 heteroatoms. The SMILES string of the molecule is NCCC(=O)NCc1cc(=O)c(O)co1. The molecule has 1 heterocycles. The van der Waals surface area contributed by atoms with Crippen LogP contribution in [0.3, 0.4) is 0 Å². The molecule has 1 aromatic rings. The molecule has 0 bridgehead atoms. The zero-order valence-corrected chi connectivity index (χ0v) is 8.03. The number of amides is 1. The zero-order chi connectivity index (χ0) is 11.3. The average Bonchev–Trinajstić information content (AvgIpc) is 2.20. The fraction of sp³-hybridized carbons (Fsp3) is 0.333. The third-order valence-corrected chi connectivity index (χ3v) is 1.70. The maximum Gasteiger partial charge on any atom is 0.226 e. The molecule has 0 aliphatic carbocycles. The van der Waals surface area contributed by atoms with Gasteiger partial charge in [-0.1, -0.05) is 0 Å². The van der Waals surface area contributed by atoms with Gasteiger partial charge in [0, 0.05) is 19.0 Å². The summed E-state index contributed by atoms with van der Waals surface area (Å²) in [6, 6.07) is 1.12. The molecule has 1 aromatic heterocycles. The van der Waals surface area contributed by atoms with Crippen LogP contribution in [-0.2, 0) is 11.3 Å². The molecule has 1 rings (SSSR count). The first-order valence-electron chi connectivity index (χ1n) is 4.41. The van der Waals surface area contributed by atoms with E-state index in [0.717, 1.165) is 12.3 Å². The smallest absolute Gasteiger partial charge is 0.226 e. The molecule has 4 N–H and O–H groups in total. The van der Waals surface area contributed by atoms with Crippen LogP contribution >= 0.6 is 0 Å². The van der Waals surface area contributed by atoms with Crippen LogP contribution in [0.1, 0.15) is 12.2 Å². The van der Waals surface area contributed by atoms with Crippen molar-refractivity contribution in [1.29, 1.82) is 0 Å². The van der Waals surface area contributed by atoms with E-state index in [1.165, 1.54) is 0 Å². The van der Waals surface area contributed by atoms with Crippen molar-refractivity contribution in [1.82, 2.24) is 5.32 Å². The van der Waals surface area contributed by atoms with E-state index in [1.54, 1.807) is 0 Å². The van der Waals surface area contributed by atoms with Crippen LogP contribution < -0.4 is 16.5 Å². The molecule has 0 unspecified atom stereocenters. The van der Waals surface area contributed by atoms with Crippen LogP contribution in [0.25, 0.3) is 0 Å². The molecule has 82 valence electrons. The van der Waals surface area contributed by atoms with E-state index in [-0.39, 0.29) is 31.2 Å². The molecule has 0 saturated carbocycles. The van der Waals surface area contributed by atoms with Crippen molar-refractivity contribution in [3.05, 3.63) is 28.3 Å². The Morgan fingerprint density at radius 2 is 2.33 bits per heavy atom. The lowest BCUT2D eigenvalue weighted by molar-refractivity contribution is -0.121. The molecule has 15 heavy (non-hydrogen) atoms. The van der Waals surface area contributed by atoms with Gasteiger partial charge in [0.1, 0.15) is 12.0 Å². The van der Waals surface area contributed by atoms with Crippen molar-refractivity contribution in [3.63, 3.8) is 0 Å². The van der Waals surface area contributed by atoms with Gasteiger partial charge < -0.3 is 20.6 Å².